The molecule has 0 aliphatic carbocycles. The lowest BCUT2D eigenvalue weighted by Gasteiger charge is -2.27. The maximum Gasteiger partial charge on any atom is 0.271 e. The number of rotatable bonds is 7. The summed E-state index contributed by atoms with van der Waals surface area (Å²) >= 11 is 1.36. The summed E-state index contributed by atoms with van der Waals surface area (Å²) in [5.41, 5.74) is 1.54. The fourth-order valence-electron chi connectivity index (χ4n) is 3.62. The molecule has 0 amide bonds. The summed E-state index contributed by atoms with van der Waals surface area (Å²) in [7, 11) is 7.86. The van der Waals surface area contributed by atoms with Crippen LogP contribution in [0.2, 0.25) is 0 Å². The van der Waals surface area contributed by atoms with E-state index in [4.69, 9.17) is 23.7 Å². The molecule has 1 aromatic heterocycles. The van der Waals surface area contributed by atoms with E-state index in [1.165, 1.54) is 11.3 Å². The van der Waals surface area contributed by atoms with Crippen molar-refractivity contribution in [2.75, 3.05) is 47.1 Å². The summed E-state index contributed by atoms with van der Waals surface area (Å²) in [4.78, 5) is 20.4. The van der Waals surface area contributed by atoms with E-state index < -0.39 is 0 Å². The number of aromatic nitrogens is 1. The number of methoxy groups -OCH3 is 5. The van der Waals surface area contributed by atoms with Crippen LogP contribution in [0.3, 0.4) is 0 Å². The lowest BCUT2D eigenvalue weighted by molar-refractivity contribution is 0.324. The number of hydrogen-bond donors (Lipinski definition) is 0. The molecule has 0 radical (unpaired) electrons. The average molecular weight is 472 g/mol. The van der Waals surface area contributed by atoms with Crippen molar-refractivity contribution < 1.29 is 23.7 Å². The third-order valence-corrected chi connectivity index (χ3v) is 6.34. The Balaban J connectivity index is 1.70. The Morgan fingerprint density at radius 1 is 0.879 bits per heavy atom. The molecule has 0 saturated heterocycles. The third kappa shape index (κ3) is 4.21. The summed E-state index contributed by atoms with van der Waals surface area (Å²) in [5, 5.41) is 0. The molecule has 0 bridgehead atoms. The van der Waals surface area contributed by atoms with Crippen molar-refractivity contribution in [3.05, 3.63) is 55.6 Å². The summed E-state index contributed by atoms with van der Waals surface area (Å²) in [6.07, 6.45) is 1.83. The van der Waals surface area contributed by atoms with Crippen LogP contribution in [-0.4, -0.2) is 46.8 Å². The highest BCUT2D eigenvalue weighted by molar-refractivity contribution is 7.07. The van der Waals surface area contributed by atoms with Crippen LogP contribution in [0, 0.1) is 0 Å². The summed E-state index contributed by atoms with van der Waals surface area (Å²) in [5.74, 6) is 2.83. The lowest BCUT2D eigenvalue weighted by atomic mass is 10.2. The first-order valence-corrected chi connectivity index (χ1v) is 10.9. The zero-order chi connectivity index (χ0) is 23.5. The van der Waals surface area contributed by atoms with Gasteiger partial charge in [0.1, 0.15) is 13.3 Å². The van der Waals surface area contributed by atoms with Gasteiger partial charge in [-0.3, -0.25) is 9.36 Å². The fourth-order valence-corrected chi connectivity index (χ4v) is 4.58. The second-order valence-electron chi connectivity index (χ2n) is 7.11. The van der Waals surface area contributed by atoms with Gasteiger partial charge in [-0.15, -0.1) is 0 Å². The minimum atomic E-state index is -0.106. The van der Waals surface area contributed by atoms with Gasteiger partial charge in [0, 0.05) is 17.8 Å². The molecular weight excluding hydrogens is 446 g/mol. The van der Waals surface area contributed by atoms with Crippen molar-refractivity contribution in [3.8, 4) is 28.7 Å². The Hall–Kier alpha value is -3.66. The van der Waals surface area contributed by atoms with Crippen LogP contribution in [0.1, 0.15) is 5.56 Å². The fraction of sp³-hybridized carbons (Fsp3) is 0.304. The Morgan fingerprint density at radius 2 is 1.55 bits per heavy atom. The summed E-state index contributed by atoms with van der Waals surface area (Å²) in [6, 6.07) is 9.21. The zero-order valence-corrected chi connectivity index (χ0v) is 19.9. The highest BCUT2D eigenvalue weighted by atomic mass is 32.1. The lowest BCUT2D eigenvalue weighted by Crippen LogP contribution is -2.42. The first-order valence-electron chi connectivity index (χ1n) is 10.1. The maximum absolute atomic E-state index is 13.1. The maximum atomic E-state index is 13.1. The number of fused-ring (bicyclic) bond motifs is 1. The van der Waals surface area contributed by atoms with E-state index in [9.17, 15) is 4.79 Å². The van der Waals surface area contributed by atoms with Gasteiger partial charge in [0.25, 0.3) is 5.56 Å². The van der Waals surface area contributed by atoms with Gasteiger partial charge in [-0.2, -0.15) is 0 Å². The molecule has 0 N–H and O–H groups in total. The van der Waals surface area contributed by atoms with Gasteiger partial charge in [-0.1, -0.05) is 17.4 Å². The molecule has 0 atom stereocenters. The Bertz CT molecular complexity index is 1320. The van der Waals surface area contributed by atoms with Crippen LogP contribution in [-0.2, 0) is 6.67 Å². The molecule has 0 saturated carbocycles. The highest BCUT2D eigenvalue weighted by Gasteiger charge is 2.20. The van der Waals surface area contributed by atoms with E-state index >= 15 is 0 Å². The Kier molecular flexibility index (Phi) is 6.45. The van der Waals surface area contributed by atoms with E-state index in [2.05, 4.69) is 4.99 Å². The molecular formula is C23H25N3O6S. The predicted molar refractivity (Wildman–Crippen MR) is 126 cm³/mol. The molecule has 33 heavy (non-hydrogen) atoms. The van der Waals surface area contributed by atoms with Gasteiger partial charge in [0.05, 0.1) is 40.1 Å². The number of anilines is 1. The van der Waals surface area contributed by atoms with Gasteiger partial charge in [0.15, 0.2) is 27.8 Å². The van der Waals surface area contributed by atoms with Crippen LogP contribution in [0.5, 0.6) is 28.7 Å². The van der Waals surface area contributed by atoms with E-state index in [0.717, 1.165) is 11.3 Å². The molecule has 2 heterocycles. The summed E-state index contributed by atoms with van der Waals surface area (Å²) < 4.78 is 29.2. The van der Waals surface area contributed by atoms with E-state index in [1.807, 2.05) is 41.3 Å². The molecule has 3 aromatic rings. The molecule has 174 valence electrons. The van der Waals surface area contributed by atoms with Crippen molar-refractivity contribution in [2.45, 2.75) is 6.67 Å². The molecule has 4 rings (SSSR count). The van der Waals surface area contributed by atoms with Crippen molar-refractivity contribution in [2.24, 2.45) is 4.99 Å². The van der Waals surface area contributed by atoms with E-state index in [0.29, 0.717) is 51.4 Å². The molecule has 0 spiro atoms. The highest BCUT2D eigenvalue weighted by Crippen LogP contribution is 2.41. The van der Waals surface area contributed by atoms with Crippen LogP contribution in [0.25, 0.3) is 6.08 Å². The standard InChI is InChI=1S/C23H25N3O6S/c1-28-16-7-6-14(8-17(16)29-2)9-20-22(27)26-13-25(12-24-23(26)33-20)15-10-18(30-3)21(32-5)19(11-15)31-4/h6-11H,12-13H2,1-5H3/b20-9-. The molecule has 1 aliphatic rings. The normalized spacial score (nSPS) is 13.2. The van der Waals surface area contributed by atoms with Crippen molar-refractivity contribution in [1.29, 1.82) is 0 Å². The van der Waals surface area contributed by atoms with Gasteiger partial charge < -0.3 is 28.6 Å². The van der Waals surface area contributed by atoms with Gasteiger partial charge >= 0.3 is 0 Å². The predicted octanol–water partition coefficient (Wildman–Crippen LogP) is 1.84. The molecule has 2 aromatic carbocycles. The quantitative estimate of drug-likeness (QED) is 0.520. The monoisotopic (exact) mass is 471 g/mol. The second kappa shape index (κ2) is 9.45. The second-order valence-corrected chi connectivity index (χ2v) is 8.11. The van der Waals surface area contributed by atoms with Gasteiger partial charge in [-0.05, 0) is 23.8 Å². The largest absolute Gasteiger partial charge is 0.493 e. The Morgan fingerprint density at radius 3 is 2.15 bits per heavy atom. The van der Waals surface area contributed by atoms with Gasteiger partial charge in [0.2, 0.25) is 5.75 Å². The SMILES string of the molecule is COc1ccc(/C=c2\sc3n(c2=O)CN(c2cc(OC)c(OC)c(OC)c2)CN=3)cc1OC. The Labute approximate surface area is 194 Å². The minimum Gasteiger partial charge on any atom is -0.493 e. The first kappa shape index (κ1) is 22.5. The van der Waals surface area contributed by atoms with Crippen LogP contribution in [0.4, 0.5) is 5.69 Å². The topological polar surface area (TPSA) is 83.8 Å². The number of ether oxygens (including phenoxy) is 5. The third-order valence-electron chi connectivity index (χ3n) is 5.30. The number of hydrogen-bond acceptors (Lipinski definition) is 9. The zero-order valence-electron chi connectivity index (χ0n) is 19.1. The van der Waals surface area contributed by atoms with Gasteiger partial charge in [-0.25, -0.2) is 4.99 Å². The average Bonchev–Trinajstić information content (AvgIpc) is 3.17. The summed E-state index contributed by atoms with van der Waals surface area (Å²) in [6.45, 7) is 0.751. The number of thiazole rings is 1. The van der Waals surface area contributed by atoms with Crippen molar-refractivity contribution >= 4 is 23.1 Å². The van der Waals surface area contributed by atoms with Crippen LogP contribution in [0.15, 0.2) is 40.1 Å². The first-order chi connectivity index (χ1) is 16.0. The molecule has 0 fully saturated rings. The molecule has 10 heteroatoms. The smallest absolute Gasteiger partial charge is 0.271 e. The minimum absolute atomic E-state index is 0.106. The van der Waals surface area contributed by atoms with E-state index in [1.54, 1.807) is 40.1 Å². The van der Waals surface area contributed by atoms with Crippen LogP contribution < -0.4 is 43.5 Å². The number of benzene rings is 2. The van der Waals surface area contributed by atoms with Crippen LogP contribution >= 0.6 is 11.3 Å². The molecule has 9 nitrogen and oxygen atoms in total. The van der Waals surface area contributed by atoms with Crippen molar-refractivity contribution in [3.63, 3.8) is 0 Å². The van der Waals surface area contributed by atoms with Crippen molar-refractivity contribution in [1.82, 2.24) is 4.57 Å². The number of nitrogens with zero attached hydrogens (tertiary/aromatic N) is 3. The molecule has 0 unspecified atom stereocenters. The van der Waals surface area contributed by atoms with E-state index in [-0.39, 0.29) is 5.56 Å². The molecule has 1 aliphatic heterocycles.